The van der Waals surface area contributed by atoms with Crippen LogP contribution in [0.25, 0.3) is 0 Å². The molecule has 0 aliphatic carbocycles. The Balaban J connectivity index is 0.00000420. The molecule has 0 bridgehead atoms. The summed E-state index contributed by atoms with van der Waals surface area (Å²) in [7, 11) is 8.85. The monoisotopic (exact) mass is 513 g/mol. The summed E-state index contributed by atoms with van der Waals surface area (Å²) in [4.78, 5) is 6.53. The highest BCUT2D eigenvalue weighted by atomic mass is 127. The molecule has 0 aromatic heterocycles. The van der Waals surface area contributed by atoms with Crippen molar-refractivity contribution in [2.75, 3.05) is 42.0 Å². The van der Waals surface area contributed by atoms with Crippen molar-refractivity contribution in [2.24, 2.45) is 4.99 Å². The molecule has 2 aromatic carbocycles. The number of aliphatic imine (C=N–C) groups is 1. The normalized spacial score (nSPS) is 10.9. The number of rotatable bonds is 9. The van der Waals surface area contributed by atoms with Gasteiger partial charge in [-0.15, -0.1) is 24.0 Å². The van der Waals surface area contributed by atoms with Gasteiger partial charge in [-0.05, 0) is 35.2 Å². The van der Waals surface area contributed by atoms with Crippen LogP contribution in [0.2, 0.25) is 0 Å². The molecule has 0 saturated carbocycles. The Morgan fingerprint density at radius 3 is 2.31 bits per heavy atom. The van der Waals surface area contributed by atoms with Crippen LogP contribution in [0.3, 0.4) is 0 Å². The Hall–Kier alpha value is -2.00. The van der Waals surface area contributed by atoms with Gasteiger partial charge in [-0.1, -0.05) is 30.3 Å². The van der Waals surface area contributed by atoms with Crippen molar-refractivity contribution in [1.29, 1.82) is 0 Å². The average Bonchev–Trinajstić information content (AvgIpc) is 2.73. The lowest BCUT2D eigenvalue weighted by molar-refractivity contribution is 0.184. The maximum Gasteiger partial charge on any atom is 0.193 e. The fourth-order valence-electron chi connectivity index (χ4n) is 3.02. The van der Waals surface area contributed by atoms with Crippen LogP contribution in [-0.4, -0.2) is 52.8 Å². The SMILES string of the molecule is CN=C(NCc1ccccc1COC)N(C)CCc1ccc(OC)c(OC)c1.I. The second-order valence-corrected chi connectivity index (χ2v) is 6.46. The first-order chi connectivity index (χ1) is 13.6. The first-order valence-corrected chi connectivity index (χ1v) is 9.31. The molecule has 0 radical (unpaired) electrons. The number of hydrogen-bond acceptors (Lipinski definition) is 4. The van der Waals surface area contributed by atoms with Crippen molar-refractivity contribution in [2.45, 2.75) is 19.6 Å². The summed E-state index contributed by atoms with van der Waals surface area (Å²) < 4.78 is 16.0. The number of likely N-dealkylation sites (N-methyl/N-ethyl adjacent to an activating group) is 1. The van der Waals surface area contributed by atoms with Crippen LogP contribution >= 0.6 is 24.0 Å². The number of methoxy groups -OCH3 is 3. The van der Waals surface area contributed by atoms with Gasteiger partial charge in [-0.3, -0.25) is 4.99 Å². The van der Waals surface area contributed by atoms with Gasteiger partial charge < -0.3 is 24.4 Å². The van der Waals surface area contributed by atoms with E-state index in [1.54, 1.807) is 28.4 Å². The molecular weight excluding hydrogens is 481 g/mol. The molecule has 29 heavy (non-hydrogen) atoms. The Morgan fingerprint density at radius 2 is 1.69 bits per heavy atom. The predicted molar refractivity (Wildman–Crippen MR) is 129 cm³/mol. The molecule has 0 fully saturated rings. The zero-order valence-corrected chi connectivity index (χ0v) is 20.2. The average molecular weight is 513 g/mol. The number of guanidine groups is 1. The van der Waals surface area contributed by atoms with Crippen LogP contribution in [0, 0.1) is 0 Å². The van der Waals surface area contributed by atoms with E-state index in [1.165, 1.54) is 16.7 Å². The predicted octanol–water partition coefficient (Wildman–Crippen LogP) is 3.72. The molecule has 1 N–H and O–H groups in total. The van der Waals surface area contributed by atoms with Crippen LogP contribution in [0.5, 0.6) is 11.5 Å². The van der Waals surface area contributed by atoms with E-state index in [2.05, 4.69) is 33.4 Å². The highest BCUT2D eigenvalue weighted by molar-refractivity contribution is 14.0. The summed E-state index contributed by atoms with van der Waals surface area (Å²) in [6, 6.07) is 14.3. The van der Waals surface area contributed by atoms with Gasteiger partial charge in [0.15, 0.2) is 17.5 Å². The summed E-state index contributed by atoms with van der Waals surface area (Å²) in [6.07, 6.45) is 0.873. The molecule has 160 valence electrons. The van der Waals surface area contributed by atoms with E-state index in [0.717, 1.165) is 30.4 Å². The van der Waals surface area contributed by atoms with Crippen LogP contribution in [0.15, 0.2) is 47.5 Å². The highest BCUT2D eigenvalue weighted by Crippen LogP contribution is 2.27. The van der Waals surface area contributed by atoms with Crippen LogP contribution in [0.4, 0.5) is 0 Å². The molecule has 0 atom stereocenters. The third-order valence-electron chi connectivity index (χ3n) is 4.61. The first-order valence-electron chi connectivity index (χ1n) is 9.31. The number of ether oxygens (including phenoxy) is 3. The van der Waals surface area contributed by atoms with E-state index < -0.39 is 0 Å². The molecule has 7 heteroatoms. The fourth-order valence-corrected chi connectivity index (χ4v) is 3.02. The maximum absolute atomic E-state index is 5.39. The van der Waals surface area contributed by atoms with Crippen LogP contribution < -0.4 is 14.8 Å². The van der Waals surface area contributed by atoms with Gasteiger partial charge in [0, 0.05) is 34.3 Å². The molecule has 2 aromatic rings. The van der Waals surface area contributed by atoms with Crippen molar-refractivity contribution in [3.8, 4) is 11.5 Å². The van der Waals surface area contributed by atoms with Crippen molar-refractivity contribution in [3.05, 3.63) is 59.2 Å². The van der Waals surface area contributed by atoms with Gasteiger partial charge in [0.2, 0.25) is 0 Å². The van der Waals surface area contributed by atoms with Gasteiger partial charge in [-0.2, -0.15) is 0 Å². The summed E-state index contributed by atoms with van der Waals surface area (Å²) in [5.74, 6) is 2.35. The Morgan fingerprint density at radius 1 is 1.00 bits per heavy atom. The van der Waals surface area contributed by atoms with Gasteiger partial charge in [-0.25, -0.2) is 0 Å². The number of hydrogen-bond donors (Lipinski definition) is 1. The molecule has 0 amide bonds. The zero-order valence-electron chi connectivity index (χ0n) is 17.9. The summed E-state index contributed by atoms with van der Waals surface area (Å²) >= 11 is 0. The minimum absolute atomic E-state index is 0. The summed E-state index contributed by atoms with van der Waals surface area (Å²) in [5.41, 5.74) is 3.57. The number of benzene rings is 2. The lowest BCUT2D eigenvalue weighted by Crippen LogP contribution is -2.39. The topological polar surface area (TPSA) is 55.3 Å². The largest absolute Gasteiger partial charge is 0.493 e. The van der Waals surface area contributed by atoms with E-state index in [9.17, 15) is 0 Å². The van der Waals surface area contributed by atoms with Gasteiger partial charge in [0.25, 0.3) is 0 Å². The second-order valence-electron chi connectivity index (χ2n) is 6.46. The Labute approximate surface area is 191 Å². The van der Waals surface area contributed by atoms with Gasteiger partial charge in [0.1, 0.15) is 0 Å². The summed E-state index contributed by atoms with van der Waals surface area (Å²) in [5, 5.41) is 3.44. The standard InChI is InChI=1S/C22H31N3O3.HI/c1-23-22(24-15-18-8-6-7-9-19(18)16-26-3)25(2)13-12-17-10-11-20(27-4)21(14-17)28-5;/h6-11,14H,12-13,15-16H2,1-5H3,(H,23,24);1H. The molecule has 0 aliphatic heterocycles. The minimum Gasteiger partial charge on any atom is -0.493 e. The van der Waals surface area contributed by atoms with E-state index in [1.807, 2.05) is 31.3 Å². The Kier molecular flexibility index (Phi) is 11.5. The van der Waals surface area contributed by atoms with Crippen molar-refractivity contribution < 1.29 is 14.2 Å². The van der Waals surface area contributed by atoms with Gasteiger partial charge >= 0.3 is 0 Å². The quantitative estimate of drug-likeness (QED) is 0.315. The minimum atomic E-state index is 0. The van der Waals surface area contributed by atoms with Crippen LogP contribution in [0.1, 0.15) is 16.7 Å². The van der Waals surface area contributed by atoms with E-state index >= 15 is 0 Å². The maximum atomic E-state index is 5.39. The molecular formula is C22H32IN3O3. The van der Waals surface area contributed by atoms with Gasteiger partial charge in [0.05, 0.1) is 20.8 Å². The van der Waals surface area contributed by atoms with Crippen molar-refractivity contribution >= 4 is 29.9 Å². The van der Waals surface area contributed by atoms with E-state index in [0.29, 0.717) is 13.2 Å². The first kappa shape index (κ1) is 25.0. The smallest absolute Gasteiger partial charge is 0.193 e. The molecule has 2 rings (SSSR count). The Bertz CT molecular complexity index is 784. The number of halogens is 1. The molecule has 0 saturated heterocycles. The third-order valence-corrected chi connectivity index (χ3v) is 4.61. The van der Waals surface area contributed by atoms with E-state index in [-0.39, 0.29) is 24.0 Å². The summed E-state index contributed by atoms with van der Waals surface area (Å²) in [6.45, 7) is 2.13. The second kappa shape index (κ2) is 13.3. The highest BCUT2D eigenvalue weighted by Gasteiger charge is 2.09. The van der Waals surface area contributed by atoms with Crippen LogP contribution in [-0.2, 0) is 24.3 Å². The molecule has 0 aliphatic rings. The molecule has 0 heterocycles. The van der Waals surface area contributed by atoms with Crippen molar-refractivity contribution in [3.63, 3.8) is 0 Å². The molecule has 6 nitrogen and oxygen atoms in total. The number of nitrogens with zero attached hydrogens (tertiary/aromatic N) is 2. The fraction of sp³-hybridized carbons (Fsp3) is 0.409. The van der Waals surface area contributed by atoms with Crippen molar-refractivity contribution in [1.82, 2.24) is 10.2 Å². The lowest BCUT2D eigenvalue weighted by Gasteiger charge is -2.23. The zero-order chi connectivity index (χ0) is 20.4. The molecule has 0 spiro atoms. The number of nitrogens with one attached hydrogen (secondary N) is 1. The molecule has 0 unspecified atom stereocenters. The third kappa shape index (κ3) is 7.40. The lowest BCUT2D eigenvalue weighted by atomic mass is 10.1. The van der Waals surface area contributed by atoms with E-state index in [4.69, 9.17) is 14.2 Å².